The average Bonchev–Trinajstić information content (AvgIpc) is 3.32. The lowest BCUT2D eigenvalue weighted by atomic mass is 10.0. The van der Waals surface area contributed by atoms with Gasteiger partial charge in [0.2, 0.25) is 11.8 Å². The Labute approximate surface area is 214 Å². The number of aryl methyl sites for hydroxylation is 3. The molecule has 2 aromatic heterocycles. The Morgan fingerprint density at radius 3 is 2.44 bits per heavy atom. The number of nitro groups is 1. The quantitative estimate of drug-likeness (QED) is 0.231. The summed E-state index contributed by atoms with van der Waals surface area (Å²) >= 11 is 1.58. The Kier molecular flexibility index (Phi) is 6.84. The van der Waals surface area contributed by atoms with Crippen LogP contribution in [0.5, 0.6) is 11.6 Å². The number of thiophene rings is 1. The Balaban J connectivity index is 1.25. The summed E-state index contributed by atoms with van der Waals surface area (Å²) in [6.07, 6.45) is 1.93. The summed E-state index contributed by atoms with van der Waals surface area (Å²) < 4.78 is 7.31. The van der Waals surface area contributed by atoms with Crippen molar-refractivity contribution in [2.24, 2.45) is 0 Å². The summed E-state index contributed by atoms with van der Waals surface area (Å²) in [4.78, 5) is 22.4. The molecule has 3 heterocycles. The van der Waals surface area contributed by atoms with Crippen LogP contribution in [0, 0.1) is 30.9 Å². The number of nitro benzene ring substituents is 1. The van der Waals surface area contributed by atoms with Gasteiger partial charge in [-0.15, -0.1) is 11.3 Å². The smallest absolute Gasteiger partial charge is 0.269 e. The fourth-order valence-electron chi connectivity index (χ4n) is 4.79. The van der Waals surface area contributed by atoms with E-state index in [1.165, 1.54) is 5.56 Å². The largest absolute Gasteiger partial charge is 0.437 e. The molecule has 0 unspecified atom stereocenters. The monoisotopic (exact) mass is 503 g/mol. The Hall–Kier alpha value is -3.56. The van der Waals surface area contributed by atoms with E-state index in [1.807, 2.05) is 23.6 Å². The normalized spacial score (nSPS) is 14.8. The van der Waals surface area contributed by atoms with Crippen molar-refractivity contribution in [1.82, 2.24) is 14.9 Å². The molecule has 1 fully saturated rings. The predicted molar refractivity (Wildman–Crippen MR) is 143 cm³/mol. The van der Waals surface area contributed by atoms with E-state index in [4.69, 9.17) is 14.7 Å². The van der Waals surface area contributed by atoms with Gasteiger partial charge >= 0.3 is 0 Å². The van der Waals surface area contributed by atoms with Crippen molar-refractivity contribution >= 4 is 33.2 Å². The molecule has 9 heteroatoms. The number of anilines is 1. The number of rotatable bonds is 7. The minimum atomic E-state index is -0.365. The van der Waals surface area contributed by atoms with Crippen molar-refractivity contribution in [2.75, 3.05) is 18.4 Å². The third kappa shape index (κ3) is 5.32. The standard InChI is InChI=1S/C27H29N5O3S/c1-17-14-18(2)24(19(3)15-17)35-26-25-23(10-13-36-25)29-27(30-26)28-21-8-11-31(12-9-21)16-20-4-6-22(7-5-20)32(33)34/h4-7,10,13-15,21H,8-9,11-12,16H2,1-3H3,(H,28,29,30). The fourth-order valence-corrected chi connectivity index (χ4v) is 5.55. The zero-order valence-corrected chi connectivity index (χ0v) is 21.5. The highest BCUT2D eigenvalue weighted by Crippen LogP contribution is 2.35. The number of hydrogen-bond donors (Lipinski definition) is 1. The third-order valence-electron chi connectivity index (χ3n) is 6.55. The van der Waals surface area contributed by atoms with E-state index in [2.05, 4.69) is 43.1 Å². The van der Waals surface area contributed by atoms with E-state index in [0.29, 0.717) is 11.8 Å². The summed E-state index contributed by atoms with van der Waals surface area (Å²) in [7, 11) is 0. The molecule has 1 saturated heterocycles. The zero-order valence-electron chi connectivity index (χ0n) is 20.7. The van der Waals surface area contributed by atoms with Crippen molar-refractivity contribution in [1.29, 1.82) is 0 Å². The molecule has 0 saturated carbocycles. The van der Waals surface area contributed by atoms with Crippen LogP contribution in [-0.4, -0.2) is 38.9 Å². The molecule has 0 aliphatic carbocycles. The van der Waals surface area contributed by atoms with Gasteiger partial charge in [0.05, 0.1) is 10.4 Å². The van der Waals surface area contributed by atoms with E-state index in [0.717, 1.165) is 65.1 Å². The molecule has 1 aliphatic heterocycles. The van der Waals surface area contributed by atoms with Gasteiger partial charge in [0.15, 0.2) is 0 Å². The van der Waals surface area contributed by atoms with E-state index >= 15 is 0 Å². The molecule has 36 heavy (non-hydrogen) atoms. The molecule has 186 valence electrons. The maximum absolute atomic E-state index is 10.9. The number of fused-ring (bicyclic) bond motifs is 1. The molecule has 0 amide bonds. The number of aromatic nitrogens is 2. The second-order valence-electron chi connectivity index (χ2n) is 9.44. The number of benzene rings is 2. The zero-order chi connectivity index (χ0) is 25.2. The first-order valence-corrected chi connectivity index (χ1v) is 13.0. The highest BCUT2D eigenvalue weighted by Gasteiger charge is 2.22. The van der Waals surface area contributed by atoms with Crippen molar-refractivity contribution in [2.45, 2.75) is 46.2 Å². The van der Waals surface area contributed by atoms with Crippen LogP contribution in [0.1, 0.15) is 35.1 Å². The second kappa shape index (κ2) is 10.2. The van der Waals surface area contributed by atoms with E-state index in [9.17, 15) is 10.1 Å². The molecule has 4 aromatic rings. The molecule has 1 aliphatic rings. The first-order chi connectivity index (χ1) is 17.4. The highest BCUT2D eigenvalue weighted by molar-refractivity contribution is 7.17. The van der Waals surface area contributed by atoms with Crippen LogP contribution >= 0.6 is 11.3 Å². The summed E-state index contributed by atoms with van der Waals surface area (Å²) in [5, 5.41) is 16.4. The molecular formula is C27H29N5O3S. The van der Waals surface area contributed by atoms with Crippen LogP contribution in [-0.2, 0) is 6.54 Å². The Morgan fingerprint density at radius 2 is 1.78 bits per heavy atom. The number of ether oxygens (including phenoxy) is 1. The molecule has 5 rings (SSSR count). The molecule has 0 bridgehead atoms. The minimum Gasteiger partial charge on any atom is -0.437 e. The van der Waals surface area contributed by atoms with E-state index in [1.54, 1.807) is 23.5 Å². The highest BCUT2D eigenvalue weighted by atomic mass is 32.1. The number of piperidine rings is 1. The van der Waals surface area contributed by atoms with Crippen molar-refractivity contribution in [3.63, 3.8) is 0 Å². The maximum atomic E-state index is 10.9. The lowest BCUT2D eigenvalue weighted by Gasteiger charge is -2.32. The summed E-state index contributed by atoms with van der Waals surface area (Å²) in [6, 6.07) is 13.3. The average molecular weight is 504 g/mol. The third-order valence-corrected chi connectivity index (χ3v) is 7.44. The van der Waals surface area contributed by atoms with Crippen LogP contribution in [0.3, 0.4) is 0 Å². The molecule has 1 N–H and O–H groups in total. The van der Waals surface area contributed by atoms with E-state index < -0.39 is 0 Å². The molecule has 2 aromatic carbocycles. The number of hydrogen-bond acceptors (Lipinski definition) is 8. The van der Waals surface area contributed by atoms with Crippen molar-refractivity contribution in [3.8, 4) is 11.6 Å². The molecule has 0 atom stereocenters. The van der Waals surface area contributed by atoms with Gasteiger partial charge < -0.3 is 10.1 Å². The molecular weight excluding hydrogens is 474 g/mol. The van der Waals surface area contributed by atoms with Gasteiger partial charge in [-0.05, 0) is 61.7 Å². The summed E-state index contributed by atoms with van der Waals surface area (Å²) in [5.41, 5.74) is 5.48. The van der Waals surface area contributed by atoms with Crippen LogP contribution in [0.15, 0.2) is 47.8 Å². The van der Waals surface area contributed by atoms with Gasteiger partial charge in [-0.2, -0.15) is 4.98 Å². The van der Waals surface area contributed by atoms with Gasteiger partial charge in [-0.3, -0.25) is 15.0 Å². The molecule has 8 nitrogen and oxygen atoms in total. The number of nitrogens with one attached hydrogen (secondary N) is 1. The number of nitrogens with zero attached hydrogens (tertiary/aromatic N) is 4. The van der Waals surface area contributed by atoms with Crippen LogP contribution in [0.4, 0.5) is 11.6 Å². The summed E-state index contributed by atoms with van der Waals surface area (Å²) in [6.45, 7) is 8.86. The SMILES string of the molecule is Cc1cc(C)c(Oc2nc(NC3CCN(Cc4ccc([N+](=O)[O-])cc4)CC3)nc3ccsc23)c(C)c1. The Morgan fingerprint density at radius 1 is 1.08 bits per heavy atom. The van der Waals surface area contributed by atoms with Crippen LogP contribution < -0.4 is 10.1 Å². The topological polar surface area (TPSA) is 93.4 Å². The van der Waals surface area contributed by atoms with Gasteiger partial charge in [-0.25, -0.2) is 4.98 Å². The van der Waals surface area contributed by atoms with Crippen molar-refractivity contribution in [3.05, 3.63) is 80.2 Å². The Bertz CT molecular complexity index is 1370. The minimum absolute atomic E-state index is 0.125. The first-order valence-electron chi connectivity index (χ1n) is 12.1. The van der Waals surface area contributed by atoms with Crippen LogP contribution in [0.25, 0.3) is 10.2 Å². The second-order valence-corrected chi connectivity index (χ2v) is 10.4. The molecule has 0 spiro atoms. The first kappa shape index (κ1) is 24.1. The lowest BCUT2D eigenvalue weighted by Crippen LogP contribution is -2.39. The van der Waals surface area contributed by atoms with Gasteiger partial charge in [0.1, 0.15) is 10.4 Å². The maximum Gasteiger partial charge on any atom is 0.269 e. The lowest BCUT2D eigenvalue weighted by molar-refractivity contribution is -0.384. The van der Waals surface area contributed by atoms with Crippen molar-refractivity contribution < 1.29 is 9.66 Å². The van der Waals surface area contributed by atoms with Gasteiger partial charge in [0, 0.05) is 37.8 Å². The van der Waals surface area contributed by atoms with E-state index in [-0.39, 0.29) is 16.7 Å². The fraction of sp³-hybridized carbons (Fsp3) is 0.333. The van der Waals surface area contributed by atoms with Gasteiger partial charge in [-0.1, -0.05) is 29.8 Å². The number of likely N-dealkylation sites (tertiary alicyclic amines) is 1. The number of non-ortho nitro benzene ring substituents is 1. The molecule has 0 radical (unpaired) electrons. The van der Waals surface area contributed by atoms with Crippen LogP contribution in [0.2, 0.25) is 0 Å². The summed E-state index contributed by atoms with van der Waals surface area (Å²) in [5.74, 6) is 2.02. The predicted octanol–water partition coefficient (Wildman–Crippen LogP) is 6.39. The van der Waals surface area contributed by atoms with Gasteiger partial charge in [0.25, 0.3) is 5.69 Å².